The molecule has 0 spiro atoms. The van der Waals surface area contributed by atoms with Gasteiger partial charge in [0.05, 0.1) is 10.5 Å². The second-order valence-electron chi connectivity index (χ2n) is 5.73. The van der Waals surface area contributed by atoms with E-state index in [1.54, 1.807) is 18.3 Å². The first kappa shape index (κ1) is 17.2. The van der Waals surface area contributed by atoms with Crippen LogP contribution in [0.5, 0.6) is 0 Å². The Bertz CT molecular complexity index is 1020. The maximum atomic E-state index is 12.4. The number of hydrogen-bond donors (Lipinski definition) is 2. The number of nitrogens with one attached hydrogen (secondary N) is 2. The zero-order valence-electron chi connectivity index (χ0n) is 14.0. The van der Waals surface area contributed by atoms with Gasteiger partial charge in [-0.1, -0.05) is 37.3 Å². The van der Waals surface area contributed by atoms with Gasteiger partial charge in [0.15, 0.2) is 0 Å². The maximum Gasteiger partial charge on any atom is 0.268 e. The molecular formula is C18H19N3O3S. The topological polar surface area (TPSA) is 80.2 Å². The lowest BCUT2D eigenvalue weighted by Gasteiger charge is -2.08. The first-order chi connectivity index (χ1) is 11.9. The average molecular weight is 357 g/mol. The van der Waals surface area contributed by atoms with Crippen LogP contribution < -0.4 is 10.3 Å². The molecule has 7 heteroatoms. The number of nitrogens with zero attached hydrogens (tertiary/aromatic N) is 1. The van der Waals surface area contributed by atoms with Crippen molar-refractivity contribution >= 4 is 26.8 Å². The van der Waals surface area contributed by atoms with Crippen molar-refractivity contribution in [1.29, 1.82) is 0 Å². The fourth-order valence-electron chi connectivity index (χ4n) is 2.67. The summed E-state index contributed by atoms with van der Waals surface area (Å²) in [4.78, 5) is 14.6. The second-order valence-corrected chi connectivity index (χ2v) is 7.41. The molecule has 1 heterocycles. The lowest BCUT2D eigenvalue weighted by atomic mass is 10.2. The highest BCUT2D eigenvalue weighted by molar-refractivity contribution is 7.89. The minimum absolute atomic E-state index is 0.0999. The van der Waals surface area contributed by atoms with Crippen LogP contribution in [0.4, 0.5) is 0 Å². The van der Waals surface area contributed by atoms with Gasteiger partial charge in [0.2, 0.25) is 0 Å². The number of aryl methyl sites for hydroxylation is 2. The van der Waals surface area contributed by atoms with Crippen molar-refractivity contribution in [3.63, 3.8) is 0 Å². The number of para-hydroxylation sites is 1. The van der Waals surface area contributed by atoms with Gasteiger partial charge in [-0.15, -0.1) is 4.83 Å². The summed E-state index contributed by atoms with van der Waals surface area (Å²) in [7, 11) is -1.99. The maximum absolute atomic E-state index is 12.4. The van der Waals surface area contributed by atoms with E-state index in [0.717, 1.165) is 22.9 Å². The van der Waals surface area contributed by atoms with E-state index < -0.39 is 15.9 Å². The molecule has 0 saturated heterocycles. The Morgan fingerprint density at radius 2 is 1.76 bits per heavy atom. The van der Waals surface area contributed by atoms with Crippen molar-refractivity contribution in [3.8, 4) is 0 Å². The molecule has 1 aromatic heterocycles. The van der Waals surface area contributed by atoms with Crippen molar-refractivity contribution < 1.29 is 13.2 Å². The van der Waals surface area contributed by atoms with Gasteiger partial charge in [-0.3, -0.25) is 10.2 Å². The zero-order chi connectivity index (χ0) is 18.0. The highest BCUT2D eigenvalue weighted by Gasteiger charge is 2.18. The summed E-state index contributed by atoms with van der Waals surface area (Å²) in [6.07, 6.45) is 2.50. The van der Waals surface area contributed by atoms with Gasteiger partial charge >= 0.3 is 0 Å². The quantitative estimate of drug-likeness (QED) is 0.688. The lowest BCUT2D eigenvalue weighted by molar-refractivity contribution is 0.0946. The molecule has 0 radical (unpaired) electrons. The Kier molecular flexibility index (Phi) is 4.61. The number of aromatic nitrogens is 1. The molecule has 130 valence electrons. The van der Waals surface area contributed by atoms with Crippen LogP contribution in [0.2, 0.25) is 0 Å². The predicted octanol–water partition coefficient (Wildman–Crippen LogP) is 2.36. The van der Waals surface area contributed by atoms with E-state index in [2.05, 4.69) is 10.3 Å². The van der Waals surface area contributed by atoms with Crippen LogP contribution in [0.1, 0.15) is 22.8 Å². The Balaban J connectivity index is 1.78. The molecule has 0 bridgehead atoms. The molecule has 0 unspecified atom stereocenters. The molecule has 0 atom stereocenters. The van der Waals surface area contributed by atoms with Gasteiger partial charge in [0.25, 0.3) is 15.9 Å². The van der Waals surface area contributed by atoms with Crippen molar-refractivity contribution in [3.05, 3.63) is 65.9 Å². The fraction of sp³-hybridized carbons (Fsp3) is 0.167. The van der Waals surface area contributed by atoms with Crippen LogP contribution >= 0.6 is 0 Å². The van der Waals surface area contributed by atoms with Gasteiger partial charge < -0.3 is 4.57 Å². The molecule has 3 aromatic rings. The van der Waals surface area contributed by atoms with Crippen LogP contribution in [0, 0.1) is 0 Å². The second kappa shape index (κ2) is 6.70. The predicted molar refractivity (Wildman–Crippen MR) is 96.5 cm³/mol. The summed E-state index contributed by atoms with van der Waals surface area (Å²) >= 11 is 0. The third-order valence-electron chi connectivity index (χ3n) is 4.08. The zero-order valence-corrected chi connectivity index (χ0v) is 14.8. The van der Waals surface area contributed by atoms with E-state index in [0.29, 0.717) is 5.56 Å². The van der Waals surface area contributed by atoms with Crippen LogP contribution in [0.25, 0.3) is 10.9 Å². The number of fused-ring (bicyclic) bond motifs is 1. The van der Waals surface area contributed by atoms with Crippen molar-refractivity contribution in [1.82, 2.24) is 14.8 Å². The number of hydrogen-bond acceptors (Lipinski definition) is 3. The molecule has 0 aliphatic rings. The lowest BCUT2D eigenvalue weighted by Crippen LogP contribution is -2.41. The normalized spacial score (nSPS) is 11.6. The number of carbonyl (C=O) groups is 1. The summed E-state index contributed by atoms with van der Waals surface area (Å²) in [5.41, 5.74) is 4.62. The van der Waals surface area contributed by atoms with E-state index in [9.17, 15) is 13.2 Å². The van der Waals surface area contributed by atoms with Crippen LogP contribution in [0.3, 0.4) is 0 Å². The highest BCUT2D eigenvalue weighted by Crippen LogP contribution is 2.20. The smallest absolute Gasteiger partial charge is 0.268 e. The SMILES string of the molecule is CCc1ccc(S(=O)(=O)NNC(=O)c2cn(C)c3ccccc23)cc1. The van der Waals surface area contributed by atoms with Crippen molar-refractivity contribution in [2.75, 3.05) is 0 Å². The Labute approximate surface area is 146 Å². The first-order valence-electron chi connectivity index (χ1n) is 7.87. The molecule has 2 aromatic carbocycles. The molecule has 0 aliphatic heterocycles. The number of rotatable bonds is 5. The van der Waals surface area contributed by atoms with Crippen LogP contribution in [0.15, 0.2) is 59.6 Å². The fourth-order valence-corrected chi connectivity index (χ4v) is 3.51. The molecular weight excluding hydrogens is 338 g/mol. The van der Waals surface area contributed by atoms with Crippen molar-refractivity contribution in [2.24, 2.45) is 7.05 Å². The molecule has 25 heavy (non-hydrogen) atoms. The van der Waals surface area contributed by atoms with Gasteiger partial charge in [-0.05, 0) is 30.2 Å². The molecule has 6 nitrogen and oxygen atoms in total. The Morgan fingerprint density at radius 3 is 2.44 bits per heavy atom. The van der Waals surface area contributed by atoms with Crippen LogP contribution in [-0.4, -0.2) is 18.9 Å². The number of hydrazine groups is 1. The van der Waals surface area contributed by atoms with Gasteiger partial charge in [0.1, 0.15) is 0 Å². The molecule has 0 fully saturated rings. The Hall–Kier alpha value is -2.64. The number of sulfonamides is 1. The van der Waals surface area contributed by atoms with E-state index in [1.165, 1.54) is 12.1 Å². The monoisotopic (exact) mass is 357 g/mol. The summed E-state index contributed by atoms with van der Waals surface area (Å²) < 4.78 is 26.4. The van der Waals surface area contributed by atoms with E-state index in [4.69, 9.17) is 0 Å². The number of carbonyl (C=O) groups excluding carboxylic acids is 1. The van der Waals surface area contributed by atoms with Crippen LogP contribution in [-0.2, 0) is 23.5 Å². The van der Waals surface area contributed by atoms with E-state index in [1.807, 2.05) is 42.8 Å². The van der Waals surface area contributed by atoms with E-state index >= 15 is 0 Å². The Morgan fingerprint density at radius 1 is 1.08 bits per heavy atom. The first-order valence-corrected chi connectivity index (χ1v) is 9.36. The third kappa shape index (κ3) is 3.42. The highest BCUT2D eigenvalue weighted by atomic mass is 32.2. The minimum Gasteiger partial charge on any atom is -0.350 e. The summed E-state index contributed by atoms with van der Waals surface area (Å²) in [6.45, 7) is 1.99. The molecule has 0 saturated carbocycles. The van der Waals surface area contributed by atoms with Crippen molar-refractivity contribution in [2.45, 2.75) is 18.2 Å². The third-order valence-corrected chi connectivity index (χ3v) is 5.35. The molecule has 2 N–H and O–H groups in total. The number of amides is 1. The summed E-state index contributed by atoms with van der Waals surface area (Å²) in [6, 6.07) is 14.0. The van der Waals surface area contributed by atoms with Gasteiger partial charge in [-0.2, -0.15) is 0 Å². The van der Waals surface area contributed by atoms with Gasteiger partial charge in [-0.25, -0.2) is 8.42 Å². The van der Waals surface area contributed by atoms with E-state index in [-0.39, 0.29) is 4.90 Å². The largest absolute Gasteiger partial charge is 0.350 e. The molecule has 3 rings (SSSR count). The number of benzene rings is 2. The average Bonchev–Trinajstić information content (AvgIpc) is 2.97. The summed E-state index contributed by atoms with van der Waals surface area (Å²) in [5, 5.41) is 0.758. The minimum atomic E-state index is -3.82. The standard InChI is InChI=1S/C18H19N3O3S/c1-3-13-8-10-14(11-9-13)25(23,24)20-19-18(22)16-12-21(2)17-7-5-4-6-15(16)17/h4-12,20H,3H2,1-2H3,(H,19,22). The van der Waals surface area contributed by atoms with Gasteiger partial charge in [0, 0.05) is 24.1 Å². The molecule has 1 amide bonds. The molecule has 0 aliphatic carbocycles. The summed E-state index contributed by atoms with van der Waals surface area (Å²) in [5.74, 6) is -0.509.